The van der Waals surface area contributed by atoms with Crippen LogP contribution in [0.4, 0.5) is 4.79 Å². The fourth-order valence-corrected chi connectivity index (χ4v) is 1.90. The molecule has 9 nitrogen and oxygen atoms in total. The maximum atomic E-state index is 11.8. The number of nitrogens with one attached hydrogen (secondary N) is 2. The molecule has 27 heavy (non-hydrogen) atoms. The Hall–Kier alpha value is -3.80. The number of imide groups is 1. The molecule has 0 spiro atoms. The summed E-state index contributed by atoms with van der Waals surface area (Å²) in [5.41, 5.74) is 0.458. The summed E-state index contributed by atoms with van der Waals surface area (Å²) in [5, 5.41) is 13.2. The highest BCUT2D eigenvalue weighted by Gasteiger charge is 2.18. The molecule has 1 atom stereocenters. The zero-order valence-electron chi connectivity index (χ0n) is 14.4. The van der Waals surface area contributed by atoms with Crippen molar-refractivity contribution in [1.82, 2.24) is 10.6 Å². The molecule has 2 aromatic rings. The van der Waals surface area contributed by atoms with E-state index in [1.807, 2.05) is 11.4 Å². The Labute approximate surface area is 154 Å². The lowest BCUT2D eigenvalue weighted by Gasteiger charge is -2.13. The Morgan fingerprint density at radius 2 is 1.96 bits per heavy atom. The number of hydrogen-bond donors (Lipinski definition) is 2. The standard InChI is InChI=1S/C18H17N3O6/c1-12(27-14-6-4-13(9-19)5-7-14)17(23)26-11-16(22)21-18(24)20-10-15-3-2-8-25-15/h2-8,12H,10-11H2,1H3,(H2,20,21,22,24)/t12-/m1/s1. The van der Waals surface area contributed by atoms with Crippen molar-refractivity contribution in [3.8, 4) is 11.8 Å². The van der Waals surface area contributed by atoms with E-state index in [1.54, 1.807) is 36.4 Å². The Morgan fingerprint density at radius 3 is 2.59 bits per heavy atom. The third-order valence-corrected chi connectivity index (χ3v) is 3.23. The molecular weight excluding hydrogens is 354 g/mol. The molecule has 0 saturated carbocycles. The molecule has 0 unspecified atom stereocenters. The molecule has 0 aliphatic rings. The number of nitriles is 1. The van der Waals surface area contributed by atoms with Crippen molar-refractivity contribution in [2.24, 2.45) is 0 Å². The number of carbonyl (C=O) groups excluding carboxylic acids is 3. The van der Waals surface area contributed by atoms with Crippen LogP contribution in [0, 0.1) is 11.3 Å². The molecule has 0 radical (unpaired) electrons. The lowest BCUT2D eigenvalue weighted by Crippen LogP contribution is -2.41. The molecule has 9 heteroatoms. The van der Waals surface area contributed by atoms with E-state index in [0.29, 0.717) is 17.1 Å². The highest BCUT2D eigenvalue weighted by atomic mass is 16.6. The summed E-state index contributed by atoms with van der Waals surface area (Å²) in [6.45, 7) is 0.934. The normalized spacial score (nSPS) is 11.0. The number of amides is 3. The molecule has 2 N–H and O–H groups in total. The van der Waals surface area contributed by atoms with Crippen LogP contribution in [0.15, 0.2) is 47.1 Å². The van der Waals surface area contributed by atoms with Crippen molar-refractivity contribution < 1.29 is 28.3 Å². The van der Waals surface area contributed by atoms with E-state index in [1.165, 1.54) is 13.2 Å². The molecule has 140 valence electrons. The fourth-order valence-electron chi connectivity index (χ4n) is 1.90. The third-order valence-electron chi connectivity index (χ3n) is 3.23. The van der Waals surface area contributed by atoms with Crippen molar-refractivity contribution in [2.45, 2.75) is 19.6 Å². The third kappa shape index (κ3) is 6.55. The van der Waals surface area contributed by atoms with Gasteiger partial charge in [0, 0.05) is 0 Å². The number of hydrogen-bond acceptors (Lipinski definition) is 7. The van der Waals surface area contributed by atoms with Crippen LogP contribution in [0.3, 0.4) is 0 Å². The van der Waals surface area contributed by atoms with Gasteiger partial charge in [-0.05, 0) is 43.3 Å². The summed E-state index contributed by atoms with van der Waals surface area (Å²) in [7, 11) is 0. The van der Waals surface area contributed by atoms with Gasteiger partial charge >= 0.3 is 12.0 Å². The Kier molecular flexibility index (Phi) is 6.96. The van der Waals surface area contributed by atoms with E-state index >= 15 is 0 Å². The van der Waals surface area contributed by atoms with Gasteiger partial charge in [0.1, 0.15) is 11.5 Å². The number of carbonyl (C=O) groups is 3. The second kappa shape index (κ2) is 9.62. The maximum Gasteiger partial charge on any atom is 0.347 e. The summed E-state index contributed by atoms with van der Waals surface area (Å²) in [4.78, 5) is 35.0. The molecule has 1 heterocycles. The number of ether oxygens (including phenoxy) is 2. The topological polar surface area (TPSA) is 131 Å². The molecule has 1 aromatic carbocycles. The number of nitrogens with zero attached hydrogens (tertiary/aromatic N) is 1. The number of urea groups is 1. The molecule has 0 fully saturated rings. The van der Waals surface area contributed by atoms with Crippen molar-refractivity contribution in [3.63, 3.8) is 0 Å². The van der Waals surface area contributed by atoms with Crippen LogP contribution in [0.1, 0.15) is 18.2 Å². The summed E-state index contributed by atoms with van der Waals surface area (Å²) >= 11 is 0. The highest BCUT2D eigenvalue weighted by Crippen LogP contribution is 2.13. The van der Waals surface area contributed by atoms with E-state index in [0.717, 1.165) is 0 Å². The minimum absolute atomic E-state index is 0.112. The zero-order valence-corrected chi connectivity index (χ0v) is 14.4. The zero-order chi connectivity index (χ0) is 19.6. The van der Waals surface area contributed by atoms with E-state index in [2.05, 4.69) is 5.32 Å². The number of benzene rings is 1. The predicted molar refractivity (Wildman–Crippen MR) is 91.3 cm³/mol. The lowest BCUT2D eigenvalue weighted by molar-refractivity contribution is -0.154. The van der Waals surface area contributed by atoms with Crippen LogP contribution in [-0.2, 0) is 20.9 Å². The predicted octanol–water partition coefficient (Wildman–Crippen LogP) is 1.49. The van der Waals surface area contributed by atoms with E-state index in [-0.39, 0.29) is 6.54 Å². The Bertz CT molecular complexity index is 824. The summed E-state index contributed by atoms with van der Waals surface area (Å²) in [6.07, 6.45) is 0.485. The van der Waals surface area contributed by atoms with Crippen LogP contribution in [0.2, 0.25) is 0 Å². The van der Waals surface area contributed by atoms with Gasteiger partial charge in [-0.15, -0.1) is 0 Å². The van der Waals surface area contributed by atoms with Crippen molar-refractivity contribution in [2.75, 3.05) is 6.61 Å². The SMILES string of the molecule is C[C@@H](Oc1ccc(C#N)cc1)C(=O)OCC(=O)NC(=O)NCc1ccco1. The molecule has 1 aromatic heterocycles. The number of furan rings is 1. The largest absolute Gasteiger partial charge is 0.479 e. The van der Waals surface area contributed by atoms with Gasteiger partial charge in [0.05, 0.1) is 24.4 Å². The van der Waals surface area contributed by atoms with E-state index < -0.39 is 30.6 Å². The van der Waals surface area contributed by atoms with Crippen molar-refractivity contribution in [1.29, 1.82) is 5.26 Å². The molecule has 3 amide bonds. The second-order valence-corrected chi connectivity index (χ2v) is 5.31. The molecule has 0 saturated heterocycles. The average molecular weight is 371 g/mol. The van der Waals surface area contributed by atoms with Gasteiger partial charge in [0.15, 0.2) is 12.7 Å². The summed E-state index contributed by atoms with van der Waals surface area (Å²) in [6, 6.07) is 10.7. The first kappa shape index (κ1) is 19.5. The minimum Gasteiger partial charge on any atom is -0.479 e. The van der Waals surface area contributed by atoms with Crippen LogP contribution in [-0.4, -0.2) is 30.6 Å². The number of rotatable bonds is 7. The highest BCUT2D eigenvalue weighted by molar-refractivity contribution is 5.95. The summed E-state index contributed by atoms with van der Waals surface area (Å²) in [5.74, 6) is -0.658. The summed E-state index contributed by atoms with van der Waals surface area (Å²) < 4.78 is 15.2. The van der Waals surface area contributed by atoms with E-state index in [4.69, 9.17) is 19.2 Å². The molecule has 0 aliphatic carbocycles. The van der Waals surface area contributed by atoms with Crippen molar-refractivity contribution in [3.05, 3.63) is 54.0 Å². The first-order valence-electron chi connectivity index (χ1n) is 7.91. The van der Waals surface area contributed by atoms with Gasteiger partial charge in [-0.1, -0.05) is 0 Å². The lowest BCUT2D eigenvalue weighted by atomic mass is 10.2. The van der Waals surface area contributed by atoms with Gasteiger partial charge in [-0.3, -0.25) is 10.1 Å². The Balaban J connectivity index is 1.69. The van der Waals surface area contributed by atoms with Crippen LogP contribution in [0.25, 0.3) is 0 Å². The quantitative estimate of drug-likeness (QED) is 0.705. The first-order valence-corrected chi connectivity index (χ1v) is 7.91. The van der Waals surface area contributed by atoms with Gasteiger partial charge in [-0.2, -0.15) is 5.26 Å². The first-order chi connectivity index (χ1) is 13.0. The second-order valence-electron chi connectivity index (χ2n) is 5.31. The maximum absolute atomic E-state index is 11.8. The van der Waals surface area contributed by atoms with Crippen LogP contribution in [0.5, 0.6) is 5.75 Å². The van der Waals surface area contributed by atoms with Crippen LogP contribution >= 0.6 is 0 Å². The fraction of sp³-hybridized carbons (Fsp3) is 0.222. The Morgan fingerprint density at radius 1 is 1.22 bits per heavy atom. The smallest absolute Gasteiger partial charge is 0.347 e. The van der Waals surface area contributed by atoms with Gasteiger partial charge in [-0.25, -0.2) is 9.59 Å². The van der Waals surface area contributed by atoms with E-state index in [9.17, 15) is 14.4 Å². The number of esters is 1. The van der Waals surface area contributed by atoms with Crippen LogP contribution < -0.4 is 15.4 Å². The molecule has 2 rings (SSSR count). The minimum atomic E-state index is -0.974. The van der Waals surface area contributed by atoms with Gasteiger partial charge in [0.25, 0.3) is 5.91 Å². The molecular formula is C18H17N3O6. The van der Waals surface area contributed by atoms with Gasteiger partial charge < -0.3 is 19.2 Å². The van der Waals surface area contributed by atoms with Gasteiger partial charge in [0.2, 0.25) is 0 Å². The molecule has 0 bridgehead atoms. The monoisotopic (exact) mass is 371 g/mol. The average Bonchev–Trinajstić information content (AvgIpc) is 3.18. The van der Waals surface area contributed by atoms with Crippen molar-refractivity contribution >= 4 is 17.9 Å². The molecule has 0 aliphatic heterocycles.